The number of amides is 1. The lowest BCUT2D eigenvalue weighted by molar-refractivity contribution is -0.120. The van der Waals surface area contributed by atoms with Crippen LogP contribution in [0.25, 0.3) is 11.0 Å². The Labute approximate surface area is 195 Å². The quantitative estimate of drug-likeness (QED) is 0.524. The number of nitrogens with one attached hydrogen (secondary N) is 1. The summed E-state index contributed by atoms with van der Waals surface area (Å²) in [6.07, 6.45) is 4.16. The maximum absolute atomic E-state index is 12.6. The Morgan fingerprint density at radius 1 is 1.18 bits per heavy atom. The molecule has 0 spiro atoms. The van der Waals surface area contributed by atoms with E-state index in [4.69, 9.17) is 13.9 Å². The Morgan fingerprint density at radius 2 is 2.00 bits per heavy atom. The molecule has 2 heterocycles. The predicted octanol–water partition coefficient (Wildman–Crippen LogP) is 4.40. The first-order valence-electron chi connectivity index (χ1n) is 11.7. The Hall–Kier alpha value is -2.83. The van der Waals surface area contributed by atoms with Crippen LogP contribution < -0.4 is 10.1 Å². The zero-order valence-electron chi connectivity index (χ0n) is 19.9. The van der Waals surface area contributed by atoms with Crippen LogP contribution in [0, 0.1) is 13.8 Å². The number of hydrogen-bond donors (Lipinski definition) is 1. The number of benzene rings is 2. The summed E-state index contributed by atoms with van der Waals surface area (Å²) in [5, 5.41) is 4.02. The van der Waals surface area contributed by atoms with Crippen molar-refractivity contribution < 1.29 is 18.7 Å². The molecule has 6 heteroatoms. The van der Waals surface area contributed by atoms with Crippen LogP contribution >= 0.6 is 0 Å². The molecule has 0 aliphatic carbocycles. The summed E-state index contributed by atoms with van der Waals surface area (Å²) in [5.74, 6) is 0.800. The highest BCUT2D eigenvalue weighted by atomic mass is 16.5. The first kappa shape index (κ1) is 23.3. The van der Waals surface area contributed by atoms with Crippen LogP contribution in [-0.4, -0.2) is 50.3 Å². The molecule has 6 nitrogen and oxygen atoms in total. The number of aryl methyl sites for hydroxylation is 2. The highest BCUT2D eigenvalue weighted by Crippen LogP contribution is 2.26. The largest absolute Gasteiger partial charge is 0.492 e. The van der Waals surface area contributed by atoms with Gasteiger partial charge in [0.2, 0.25) is 5.91 Å². The van der Waals surface area contributed by atoms with Crippen molar-refractivity contribution in [2.24, 2.45) is 0 Å². The van der Waals surface area contributed by atoms with E-state index in [0.29, 0.717) is 25.6 Å². The molecule has 0 bridgehead atoms. The Kier molecular flexibility index (Phi) is 7.68. The van der Waals surface area contributed by atoms with E-state index < -0.39 is 0 Å². The molecule has 1 aromatic heterocycles. The lowest BCUT2D eigenvalue weighted by atomic mass is 10.0. The molecule has 0 unspecified atom stereocenters. The fourth-order valence-corrected chi connectivity index (χ4v) is 4.32. The number of hydrogen-bond acceptors (Lipinski definition) is 5. The number of nitrogens with zero attached hydrogens (tertiary/aromatic N) is 1. The van der Waals surface area contributed by atoms with Gasteiger partial charge in [0.15, 0.2) is 0 Å². The van der Waals surface area contributed by atoms with Gasteiger partial charge in [-0.1, -0.05) is 24.3 Å². The number of furan rings is 1. The number of ether oxygens (including phenoxy) is 2. The van der Waals surface area contributed by atoms with Crippen LogP contribution in [0.3, 0.4) is 0 Å². The number of rotatable bonds is 9. The molecular formula is C27H34N2O4. The van der Waals surface area contributed by atoms with Gasteiger partial charge in [0.1, 0.15) is 17.9 Å². The van der Waals surface area contributed by atoms with Gasteiger partial charge in [-0.05, 0) is 62.6 Å². The van der Waals surface area contributed by atoms with Crippen LogP contribution in [0.1, 0.15) is 35.1 Å². The lowest BCUT2D eigenvalue weighted by Gasteiger charge is -2.31. The van der Waals surface area contributed by atoms with Crippen molar-refractivity contribution in [1.29, 1.82) is 0 Å². The van der Waals surface area contributed by atoms with E-state index in [1.165, 1.54) is 5.56 Å². The maximum Gasteiger partial charge on any atom is 0.224 e. The van der Waals surface area contributed by atoms with Crippen molar-refractivity contribution >= 4 is 16.9 Å². The second kappa shape index (κ2) is 10.9. The van der Waals surface area contributed by atoms with E-state index in [-0.39, 0.29) is 5.91 Å². The third-order valence-electron chi connectivity index (χ3n) is 6.61. The van der Waals surface area contributed by atoms with Crippen LogP contribution in [0.2, 0.25) is 0 Å². The third-order valence-corrected chi connectivity index (χ3v) is 6.61. The number of carbonyl (C=O) groups excluding carboxylic acids is 1. The molecule has 3 aromatic rings. The van der Waals surface area contributed by atoms with Gasteiger partial charge in [0.05, 0.1) is 12.7 Å². The monoisotopic (exact) mass is 450 g/mol. The van der Waals surface area contributed by atoms with E-state index >= 15 is 0 Å². The fourth-order valence-electron chi connectivity index (χ4n) is 4.32. The fraction of sp³-hybridized carbons (Fsp3) is 0.444. The summed E-state index contributed by atoms with van der Waals surface area (Å²) in [6.45, 7) is 7.78. The Morgan fingerprint density at radius 3 is 2.82 bits per heavy atom. The molecule has 0 saturated carbocycles. The molecule has 176 valence electrons. The van der Waals surface area contributed by atoms with E-state index in [1.807, 2.05) is 37.3 Å². The lowest BCUT2D eigenvalue weighted by Crippen LogP contribution is -2.38. The number of fused-ring (bicyclic) bond motifs is 1. The van der Waals surface area contributed by atoms with Crippen molar-refractivity contribution in [1.82, 2.24) is 10.2 Å². The number of likely N-dealkylation sites (N-methyl/N-ethyl adjacent to an activating group) is 1. The summed E-state index contributed by atoms with van der Waals surface area (Å²) < 4.78 is 17.1. The van der Waals surface area contributed by atoms with Crippen LogP contribution in [0.5, 0.6) is 5.75 Å². The minimum Gasteiger partial charge on any atom is -0.492 e. The molecule has 1 saturated heterocycles. The van der Waals surface area contributed by atoms with E-state index in [9.17, 15) is 4.79 Å². The van der Waals surface area contributed by atoms with Gasteiger partial charge >= 0.3 is 0 Å². The predicted molar refractivity (Wildman–Crippen MR) is 130 cm³/mol. The van der Waals surface area contributed by atoms with Gasteiger partial charge in [0, 0.05) is 43.3 Å². The highest BCUT2D eigenvalue weighted by molar-refractivity contribution is 5.89. The van der Waals surface area contributed by atoms with E-state index in [1.54, 1.807) is 6.26 Å². The van der Waals surface area contributed by atoms with E-state index in [0.717, 1.165) is 66.0 Å². The second-order valence-corrected chi connectivity index (χ2v) is 8.92. The normalized spacial score (nSPS) is 14.7. The zero-order valence-corrected chi connectivity index (χ0v) is 19.9. The average molecular weight is 451 g/mol. The van der Waals surface area contributed by atoms with Crippen molar-refractivity contribution in [2.45, 2.75) is 45.7 Å². The van der Waals surface area contributed by atoms with Crippen LogP contribution in [0.4, 0.5) is 0 Å². The second-order valence-electron chi connectivity index (χ2n) is 8.92. The van der Waals surface area contributed by atoms with Gasteiger partial charge in [-0.25, -0.2) is 0 Å². The zero-order chi connectivity index (χ0) is 23.2. The first-order chi connectivity index (χ1) is 16.0. The summed E-state index contributed by atoms with van der Waals surface area (Å²) in [4.78, 5) is 14.9. The standard InChI is InChI=1S/C27H34N2O4/c1-19-7-8-25-22(18-33-27(25)20(19)2)16-26(30)28-17-21-5-4-6-24(15-21)32-14-11-29(3)23-9-12-31-13-10-23/h4-8,15,18,23H,9-14,16-17H2,1-3H3,(H,28,30). The molecule has 33 heavy (non-hydrogen) atoms. The molecule has 1 N–H and O–H groups in total. The molecular weight excluding hydrogens is 416 g/mol. The van der Waals surface area contributed by atoms with Crippen LogP contribution in [-0.2, 0) is 22.5 Å². The average Bonchev–Trinajstić information content (AvgIpc) is 3.24. The SMILES string of the molecule is Cc1ccc2c(CC(=O)NCc3cccc(OCCN(C)C4CCOCC4)c3)coc2c1C. The molecule has 2 aromatic carbocycles. The first-order valence-corrected chi connectivity index (χ1v) is 11.7. The summed E-state index contributed by atoms with van der Waals surface area (Å²) in [7, 11) is 2.15. The highest BCUT2D eigenvalue weighted by Gasteiger charge is 2.18. The van der Waals surface area contributed by atoms with Crippen LogP contribution in [0.15, 0.2) is 47.1 Å². The van der Waals surface area contributed by atoms with Gasteiger partial charge < -0.3 is 19.2 Å². The summed E-state index contributed by atoms with van der Waals surface area (Å²) in [5.41, 5.74) is 5.10. The smallest absolute Gasteiger partial charge is 0.224 e. The minimum atomic E-state index is -0.0275. The molecule has 1 fully saturated rings. The van der Waals surface area contributed by atoms with Gasteiger partial charge in [0.25, 0.3) is 0 Å². The molecule has 1 aliphatic heterocycles. The molecule has 1 aliphatic rings. The molecule has 0 atom stereocenters. The minimum absolute atomic E-state index is 0.0275. The number of carbonyl (C=O) groups is 1. The Balaban J connectivity index is 1.25. The van der Waals surface area contributed by atoms with Gasteiger partial charge in [-0.3, -0.25) is 9.69 Å². The van der Waals surface area contributed by atoms with Crippen molar-refractivity contribution in [3.8, 4) is 5.75 Å². The van der Waals surface area contributed by atoms with Gasteiger partial charge in [-0.2, -0.15) is 0 Å². The van der Waals surface area contributed by atoms with Crippen molar-refractivity contribution in [3.63, 3.8) is 0 Å². The summed E-state index contributed by atoms with van der Waals surface area (Å²) in [6, 6.07) is 12.6. The maximum atomic E-state index is 12.6. The molecule has 1 amide bonds. The molecule has 4 rings (SSSR count). The van der Waals surface area contributed by atoms with Gasteiger partial charge in [-0.15, -0.1) is 0 Å². The van der Waals surface area contributed by atoms with E-state index in [2.05, 4.69) is 30.3 Å². The summed E-state index contributed by atoms with van der Waals surface area (Å²) >= 11 is 0. The van der Waals surface area contributed by atoms with Crippen molar-refractivity contribution in [2.75, 3.05) is 33.4 Å². The topological polar surface area (TPSA) is 63.9 Å². The molecule has 0 radical (unpaired) electrons. The third kappa shape index (κ3) is 5.95. The Bertz CT molecular complexity index is 1080. The van der Waals surface area contributed by atoms with Crippen molar-refractivity contribution in [3.05, 3.63) is 64.9 Å².